The van der Waals surface area contributed by atoms with Gasteiger partial charge in [-0.25, -0.2) is 0 Å². The predicted octanol–water partition coefficient (Wildman–Crippen LogP) is 14.1. The van der Waals surface area contributed by atoms with Crippen molar-refractivity contribution in [1.29, 1.82) is 0 Å². The van der Waals surface area contributed by atoms with Gasteiger partial charge < -0.3 is 9.55 Å². The Kier molecular flexibility index (Phi) is 6.43. The molecule has 1 aliphatic rings. The van der Waals surface area contributed by atoms with Crippen molar-refractivity contribution in [3.05, 3.63) is 211 Å². The van der Waals surface area contributed by atoms with Crippen molar-refractivity contribution in [1.82, 2.24) is 9.55 Å². The predicted molar refractivity (Wildman–Crippen MR) is 231 cm³/mol. The molecule has 0 radical (unpaired) electrons. The van der Waals surface area contributed by atoms with E-state index in [-0.39, 0.29) is 5.92 Å². The van der Waals surface area contributed by atoms with Crippen LogP contribution in [0.15, 0.2) is 194 Å². The lowest BCUT2D eigenvalue weighted by Crippen LogP contribution is -2.01. The number of nitrogens with one attached hydrogen (secondary N) is 1. The molecule has 1 aliphatic carbocycles. The van der Waals surface area contributed by atoms with Crippen molar-refractivity contribution in [3.63, 3.8) is 0 Å². The molecule has 0 spiro atoms. The molecule has 2 heterocycles. The zero-order valence-electron chi connectivity index (χ0n) is 30.0. The van der Waals surface area contributed by atoms with Crippen LogP contribution in [0.5, 0.6) is 0 Å². The van der Waals surface area contributed by atoms with Crippen LogP contribution in [0.1, 0.15) is 22.6 Å². The molecule has 0 amide bonds. The summed E-state index contributed by atoms with van der Waals surface area (Å²) < 4.78 is 2.40. The average Bonchev–Trinajstić information content (AvgIpc) is 3.90. The number of hydrogen-bond acceptors (Lipinski definition) is 0. The van der Waals surface area contributed by atoms with E-state index < -0.39 is 0 Å². The van der Waals surface area contributed by atoms with Gasteiger partial charge in [-0.15, -0.1) is 0 Å². The van der Waals surface area contributed by atoms with Gasteiger partial charge >= 0.3 is 0 Å². The van der Waals surface area contributed by atoms with Crippen LogP contribution in [0.2, 0.25) is 0 Å². The van der Waals surface area contributed by atoms with Crippen LogP contribution in [0.4, 0.5) is 0 Å². The summed E-state index contributed by atoms with van der Waals surface area (Å²) in [7, 11) is 0. The Hall–Kier alpha value is -7.16. The molecule has 1 N–H and O–H groups in total. The molecule has 2 aromatic heterocycles. The zero-order chi connectivity index (χ0) is 36.0. The van der Waals surface area contributed by atoms with Crippen LogP contribution < -0.4 is 0 Å². The molecule has 2 nitrogen and oxygen atoms in total. The summed E-state index contributed by atoms with van der Waals surface area (Å²) in [4.78, 5) is 3.65. The quantitative estimate of drug-likeness (QED) is 0.189. The molecule has 0 fully saturated rings. The lowest BCUT2D eigenvalue weighted by atomic mass is 9.84. The molecular formula is C53H34N2. The van der Waals surface area contributed by atoms with E-state index in [1.807, 2.05) is 0 Å². The molecule has 0 saturated carbocycles. The number of fused-ring (bicyclic) bond motifs is 10. The lowest BCUT2D eigenvalue weighted by molar-refractivity contribution is 1.03. The number of H-pyrrole nitrogens is 1. The second kappa shape index (κ2) is 11.7. The van der Waals surface area contributed by atoms with E-state index in [1.54, 1.807) is 0 Å². The summed E-state index contributed by atoms with van der Waals surface area (Å²) in [5.74, 6) is 0.137. The summed E-state index contributed by atoms with van der Waals surface area (Å²) in [6.07, 6.45) is 0. The lowest BCUT2D eigenvalue weighted by Gasteiger charge is -2.19. The first kappa shape index (κ1) is 30.3. The highest BCUT2D eigenvalue weighted by Crippen LogP contribution is 2.51. The van der Waals surface area contributed by atoms with Crippen LogP contribution in [-0.2, 0) is 0 Å². The smallest absolute Gasteiger partial charge is 0.0547 e. The third kappa shape index (κ3) is 4.49. The molecular weight excluding hydrogens is 665 g/mol. The Balaban J connectivity index is 0.998. The molecule has 12 rings (SSSR count). The van der Waals surface area contributed by atoms with Crippen molar-refractivity contribution in [2.45, 2.75) is 5.92 Å². The summed E-state index contributed by atoms with van der Waals surface area (Å²) in [5.41, 5.74) is 17.6. The van der Waals surface area contributed by atoms with Crippen LogP contribution in [0.3, 0.4) is 0 Å². The van der Waals surface area contributed by atoms with Gasteiger partial charge in [0.05, 0.1) is 11.0 Å². The highest BCUT2D eigenvalue weighted by atomic mass is 15.0. The Morgan fingerprint density at radius 1 is 0.327 bits per heavy atom. The van der Waals surface area contributed by atoms with Crippen molar-refractivity contribution in [3.8, 4) is 39.1 Å². The van der Waals surface area contributed by atoms with E-state index in [0.29, 0.717) is 0 Å². The van der Waals surface area contributed by atoms with Crippen molar-refractivity contribution < 1.29 is 0 Å². The van der Waals surface area contributed by atoms with Gasteiger partial charge in [0.2, 0.25) is 0 Å². The molecule has 256 valence electrons. The topological polar surface area (TPSA) is 20.7 Å². The van der Waals surface area contributed by atoms with Gasteiger partial charge in [-0.3, -0.25) is 0 Å². The highest BCUT2D eigenvalue weighted by molar-refractivity contribution is 6.11. The number of rotatable bonds is 4. The van der Waals surface area contributed by atoms with Gasteiger partial charge in [0.25, 0.3) is 0 Å². The second-order valence-corrected chi connectivity index (χ2v) is 14.9. The van der Waals surface area contributed by atoms with Crippen molar-refractivity contribution >= 4 is 54.4 Å². The van der Waals surface area contributed by atoms with Gasteiger partial charge in [-0.1, -0.05) is 152 Å². The fourth-order valence-electron chi connectivity index (χ4n) is 9.57. The molecule has 0 saturated heterocycles. The summed E-state index contributed by atoms with van der Waals surface area (Å²) >= 11 is 0. The monoisotopic (exact) mass is 698 g/mol. The molecule has 11 aromatic rings. The van der Waals surface area contributed by atoms with Gasteiger partial charge in [0.1, 0.15) is 0 Å². The molecule has 1 unspecified atom stereocenters. The summed E-state index contributed by atoms with van der Waals surface area (Å²) in [6.45, 7) is 0. The molecule has 0 aliphatic heterocycles. The second-order valence-electron chi connectivity index (χ2n) is 14.9. The Labute approximate surface area is 318 Å². The first-order valence-electron chi connectivity index (χ1n) is 19.1. The SMILES string of the molecule is c1ccc(-n2c3ccccc3c3ccc(-c4ccc5c(c4)-c4ccccc4C5c4ccc(-c5ccc6c(c5)[nH]c5ccccc56)c5ccccc45)cc32)cc1. The average molecular weight is 699 g/mol. The highest BCUT2D eigenvalue weighted by Gasteiger charge is 2.31. The maximum absolute atomic E-state index is 3.65. The fraction of sp³-hybridized carbons (Fsp3) is 0.0189. The van der Waals surface area contributed by atoms with Gasteiger partial charge in [0.15, 0.2) is 0 Å². The summed E-state index contributed by atoms with van der Waals surface area (Å²) in [6, 6.07) is 71.7. The van der Waals surface area contributed by atoms with E-state index in [0.717, 1.165) is 0 Å². The standard InChI is InChI=1S/C53H34N2/c1-2-12-36(13-3-1)55-51-21-11-9-18-43(51)44-26-22-34(32-52(44)55)33-23-27-47-48(30-33)40-16-6-7-19-45(40)53(47)46-29-28-37(38-14-4-5-15-39(38)46)35-24-25-42-41-17-8-10-20-49(41)54-50(42)31-35/h1-32,53-54H. The molecule has 9 aromatic carbocycles. The minimum atomic E-state index is 0.137. The molecule has 1 atom stereocenters. The van der Waals surface area contributed by atoms with Crippen LogP contribution in [0, 0.1) is 0 Å². The zero-order valence-corrected chi connectivity index (χ0v) is 30.0. The van der Waals surface area contributed by atoms with Gasteiger partial charge in [-0.05, 0) is 103 Å². The van der Waals surface area contributed by atoms with Crippen LogP contribution in [-0.4, -0.2) is 9.55 Å². The van der Waals surface area contributed by atoms with E-state index in [4.69, 9.17) is 0 Å². The van der Waals surface area contributed by atoms with E-state index in [1.165, 1.54) is 110 Å². The Morgan fingerprint density at radius 2 is 0.945 bits per heavy atom. The van der Waals surface area contributed by atoms with E-state index in [2.05, 4.69) is 204 Å². The first-order chi connectivity index (χ1) is 27.3. The summed E-state index contributed by atoms with van der Waals surface area (Å²) in [5, 5.41) is 7.65. The number of aromatic nitrogens is 2. The minimum Gasteiger partial charge on any atom is -0.354 e. The van der Waals surface area contributed by atoms with E-state index in [9.17, 15) is 0 Å². The normalized spacial score (nSPS) is 13.6. The van der Waals surface area contributed by atoms with Crippen molar-refractivity contribution in [2.24, 2.45) is 0 Å². The van der Waals surface area contributed by atoms with Gasteiger partial charge in [0, 0.05) is 44.2 Å². The fourth-order valence-corrected chi connectivity index (χ4v) is 9.57. The number of nitrogens with zero attached hydrogens (tertiary/aromatic N) is 1. The maximum Gasteiger partial charge on any atom is 0.0547 e. The third-order valence-corrected chi connectivity index (χ3v) is 12.0. The first-order valence-corrected chi connectivity index (χ1v) is 19.1. The Morgan fingerprint density at radius 3 is 1.85 bits per heavy atom. The largest absolute Gasteiger partial charge is 0.354 e. The number of hydrogen-bond donors (Lipinski definition) is 1. The number of aromatic amines is 1. The van der Waals surface area contributed by atoms with Crippen LogP contribution in [0.25, 0.3) is 93.5 Å². The van der Waals surface area contributed by atoms with Crippen LogP contribution >= 0.6 is 0 Å². The third-order valence-electron chi connectivity index (χ3n) is 12.0. The Bertz CT molecular complexity index is 3320. The maximum atomic E-state index is 3.65. The number of para-hydroxylation sites is 3. The molecule has 2 heteroatoms. The number of benzene rings is 9. The van der Waals surface area contributed by atoms with E-state index >= 15 is 0 Å². The molecule has 55 heavy (non-hydrogen) atoms. The minimum absolute atomic E-state index is 0.137. The molecule has 0 bridgehead atoms. The van der Waals surface area contributed by atoms with Crippen molar-refractivity contribution in [2.75, 3.05) is 0 Å². The van der Waals surface area contributed by atoms with Gasteiger partial charge in [-0.2, -0.15) is 0 Å².